The molecule has 1 spiro atoms. The zero-order valence-corrected chi connectivity index (χ0v) is 14.4. The van der Waals surface area contributed by atoms with Crippen LogP contribution in [0, 0.1) is 18.8 Å². The predicted molar refractivity (Wildman–Crippen MR) is 91.0 cm³/mol. The molecule has 1 aromatic rings. The zero-order valence-electron chi connectivity index (χ0n) is 14.4. The molecule has 0 amide bonds. The van der Waals surface area contributed by atoms with E-state index < -0.39 is 0 Å². The number of rotatable bonds is 3. The molecule has 1 aromatic heterocycles. The molecule has 0 radical (unpaired) electrons. The number of nitrogens with zero attached hydrogens (tertiary/aromatic N) is 3. The van der Waals surface area contributed by atoms with Crippen LogP contribution in [-0.4, -0.2) is 64.7 Å². The minimum absolute atomic E-state index is 0.0482. The fourth-order valence-electron chi connectivity index (χ4n) is 3.57. The molecule has 3 heterocycles. The molecule has 126 valence electrons. The second kappa shape index (κ2) is 7.48. The molecule has 0 atom stereocenters. The minimum Gasteiger partial charge on any atom is -0.372 e. The maximum Gasteiger partial charge on any atom is 0.103 e. The van der Waals surface area contributed by atoms with Crippen molar-refractivity contribution in [3.63, 3.8) is 0 Å². The Balaban J connectivity index is 1.50. The van der Waals surface area contributed by atoms with Crippen LogP contribution < -0.4 is 0 Å². The summed E-state index contributed by atoms with van der Waals surface area (Å²) in [4.78, 5) is 12.6. The van der Waals surface area contributed by atoms with Crippen molar-refractivity contribution in [2.45, 2.75) is 45.3 Å². The lowest BCUT2D eigenvalue weighted by molar-refractivity contribution is -0.134. The molecule has 0 saturated carbocycles. The Morgan fingerprint density at radius 2 is 2.09 bits per heavy atom. The van der Waals surface area contributed by atoms with Crippen LogP contribution >= 0.6 is 0 Å². The SMILES string of the molecule is CCC#CCN1CCOC2(CCN(Cc3cnc(C)[nH]3)CC2)C1. The van der Waals surface area contributed by atoms with Crippen LogP contribution in [0.2, 0.25) is 0 Å². The normalized spacial score (nSPS) is 22.0. The van der Waals surface area contributed by atoms with Crippen LogP contribution in [0.3, 0.4) is 0 Å². The minimum atomic E-state index is 0.0482. The van der Waals surface area contributed by atoms with E-state index >= 15 is 0 Å². The van der Waals surface area contributed by atoms with Crippen LogP contribution in [0.4, 0.5) is 0 Å². The van der Waals surface area contributed by atoms with Gasteiger partial charge in [0.2, 0.25) is 0 Å². The Bertz CT molecular complexity index is 563. The third-order valence-electron chi connectivity index (χ3n) is 4.85. The number of aryl methyl sites for hydroxylation is 1. The first-order valence-electron chi connectivity index (χ1n) is 8.74. The van der Waals surface area contributed by atoms with Crippen molar-refractivity contribution in [2.75, 3.05) is 39.3 Å². The summed E-state index contributed by atoms with van der Waals surface area (Å²) in [5.74, 6) is 7.44. The van der Waals surface area contributed by atoms with Crippen LogP contribution in [0.25, 0.3) is 0 Å². The molecule has 2 saturated heterocycles. The van der Waals surface area contributed by atoms with Crippen molar-refractivity contribution < 1.29 is 4.74 Å². The van der Waals surface area contributed by atoms with E-state index in [1.54, 1.807) is 0 Å². The number of imidazole rings is 1. The molecule has 0 unspecified atom stereocenters. The molecule has 1 N–H and O–H groups in total. The van der Waals surface area contributed by atoms with Gasteiger partial charge in [0.05, 0.1) is 18.8 Å². The summed E-state index contributed by atoms with van der Waals surface area (Å²) in [6, 6.07) is 0. The summed E-state index contributed by atoms with van der Waals surface area (Å²) in [6.45, 7) is 11.0. The lowest BCUT2D eigenvalue weighted by Crippen LogP contribution is -2.56. The Labute approximate surface area is 139 Å². The van der Waals surface area contributed by atoms with Gasteiger partial charge in [0.1, 0.15) is 5.82 Å². The van der Waals surface area contributed by atoms with Gasteiger partial charge in [0, 0.05) is 51.0 Å². The summed E-state index contributed by atoms with van der Waals surface area (Å²) >= 11 is 0. The van der Waals surface area contributed by atoms with Gasteiger partial charge in [-0.25, -0.2) is 4.98 Å². The van der Waals surface area contributed by atoms with E-state index in [2.05, 4.69) is 38.5 Å². The molecule has 5 heteroatoms. The van der Waals surface area contributed by atoms with E-state index in [4.69, 9.17) is 4.74 Å². The molecule has 5 nitrogen and oxygen atoms in total. The fraction of sp³-hybridized carbons (Fsp3) is 0.722. The smallest absolute Gasteiger partial charge is 0.103 e. The van der Waals surface area contributed by atoms with Crippen LogP contribution in [-0.2, 0) is 11.3 Å². The number of H-pyrrole nitrogens is 1. The van der Waals surface area contributed by atoms with Crippen molar-refractivity contribution in [1.29, 1.82) is 0 Å². The molecular formula is C18H28N4O. The highest BCUT2D eigenvalue weighted by Crippen LogP contribution is 2.30. The highest BCUT2D eigenvalue weighted by molar-refractivity contribution is 5.03. The van der Waals surface area contributed by atoms with Gasteiger partial charge in [-0.05, 0) is 19.8 Å². The van der Waals surface area contributed by atoms with E-state index in [1.165, 1.54) is 5.69 Å². The number of ether oxygens (including phenoxy) is 1. The highest BCUT2D eigenvalue weighted by atomic mass is 16.5. The van der Waals surface area contributed by atoms with E-state index in [9.17, 15) is 0 Å². The summed E-state index contributed by atoms with van der Waals surface area (Å²) in [5.41, 5.74) is 1.26. The molecule has 2 fully saturated rings. The number of hydrogen-bond donors (Lipinski definition) is 1. The van der Waals surface area contributed by atoms with Crippen molar-refractivity contribution >= 4 is 0 Å². The predicted octanol–water partition coefficient (Wildman–Crippen LogP) is 1.80. The molecular weight excluding hydrogens is 288 g/mol. The second-order valence-corrected chi connectivity index (χ2v) is 6.72. The maximum absolute atomic E-state index is 6.21. The van der Waals surface area contributed by atoms with E-state index in [-0.39, 0.29) is 5.60 Å². The molecule has 23 heavy (non-hydrogen) atoms. The van der Waals surface area contributed by atoms with Crippen molar-refractivity contribution in [3.05, 3.63) is 17.7 Å². The van der Waals surface area contributed by atoms with Gasteiger partial charge in [-0.15, -0.1) is 5.92 Å². The standard InChI is InChI=1S/C18H28N4O/c1-3-4-5-8-22-11-12-23-18(15-22)6-9-21(10-7-18)14-17-13-19-16(2)20-17/h13H,3,6-12,14-15H2,1-2H3,(H,19,20). The highest BCUT2D eigenvalue weighted by Gasteiger charge is 2.39. The number of piperidine rings is 1. The summed E-state index contributed by atoms with van der Waals surface area (Å²) in [7, 11) is 0. The average molecular weight is 316 g/mol. The molecule has 2 aliphatic rings. The number of likely N-dealkylation sites (tertiary alicyclic amines) is 1. The molecule has 3 rings (SSSR count). The quantitative estimate of drug-likeness (QED) is 0.864. The zero-order chi connectivity index (χ0) is 16.1. The van der Waals surface area contributed by atoms with Crippen LogP contribution in [0.5, 0.6) is 0 Å². The monoisotopic (exact) mass is 316 g/mol. The third kappa shape index (κ3) is 4.35. The van der Waals surface area contributed by atoms with Crippen molar-refractivity contribution in [3.8, 4) is 11.8 Å². The molecule has 0 bridgehead atoms. The van der Waals surface area contributed by atoms with E-state index in [1.807, 2.05) is 13.1 Å². The second-order valence-electron chi connectivity index (χ2n) is 6.72. The summed E-state index contributed by atoms with van der Waals surface area (Å²) in [5, 5.41) is 0. The fourth-order valence-corrected chi connectivity index (χ4v) is 3.57. The summed E-state index contributed by atoms with van der Waals surface area (Å²) in [6.07, 6.45) is 5.11. The van der Waals surface area contributed by atoms with E-state index in [0.29, 0.717) is 0 Å². The molecule has 2 aliphatic heterocycles. The average Bonchev–Trinajstić information content (AvgIpc) is 2.96. The number of aromatic nitrogens is 2. The largest absolute Gasteiger partial charge is 0.372 e. The third-order valence-corrected chi connectivity index (χ3v) is 4.85. The van der Waals surface area contributed by atoms with Gasteiger partial charge in [-0.2, -0.15) is 0 Å². The number of aromatic amines is 1. The maximum atomic E-state index is 6.21. The number of morpholine rings is 1. The van der Waals surface area contributed by atoms with Crippen molar-refractivity contribution in [1.82, 2.24) is 19.8 Å². The Hall–Kier alpha value is -1.35. The van der Waals surface area contributed by atoms with Gasteiger partial charge in [-0.3, -0.25) is 9.80 Å². The first kappa shape index (κ1) is 16.5. The van der Waals surface area contributed by atoms with Crippen LogP contribution in [0.15, 0.2) is 6.20 Å². The van der Waals surface area contributed by atoms with Gasteiger partial charge >= 0.3 is 0 Å². The molecule has 0 aromatic carbocycles. The van der Waals surface area contributed by atoms with Gasteiger partial charge < -0.3 is 9.72 Å². The first-order chi connectivity index (χ1) is 11.2. The van der Waals surface area contributed by atoms with Gasteiger partial charge in [0.25, 0.3) is 0 Å². The van der Waals surface area contributed by atoms with E-state index in [0.717, 1.165) is 71.0 Å². The first-order valence-corrected chi connectivity index (χ1v) is 8.74. The Morgan fingerprint density at radius 3 is 2.78 bits per heavy atom. The van der Waals surface area contributed by atoms with Gasteiger partial charge in [0.15, 0.2) is 0 Å². The summed E-state index contributed by atoms with van der Waals surface area (Å²) < 4.78 is 6.21. The topological polar surface area (TPSA) is 44.4 Å². The Morgan fingerprint density at radius 1 is 1.26 bits per heavy atom. The lowest BCUT2D eigenvalue weighted by atomic mass is 9.89. The number of hydrogen-bond acceptors (Lipinski definition) is 4. The van der Waals surface area contributed by atoms with Crippen LogP contribution in [0.1, 0.15) is 37.7 Å². The van der Waals surface area contributed by atoms with Gasteiger partial charge in [-0.1, -0.05) is 12.8 Å². The molecule has 0 aliphatic carbocycles. The lowest BCUT2D eigenvalue weighted by Gasteiger charge is -2.47. The van der Waals surface area contributed by atoms with Crippen molar-refractivity contribution in [2.24, 2.45) is 0 Å². The number of nitrogens with one attached hydrogen (secondary N) is 1. The Kier molecular flexibility index (Phi) is 5.37.